The molecule has 0 aliphatic carbocycles. The Morgan fingerprint density at radius 1 is 0.357 bits per heavy atom. The molecule has 17 unspecified atom stereocenters. The zero-order valence-corrected chi connectivity index (χ0v) is 61.8. The van der Waals surface area contributed by atoms with Gasteiger partial charge < -0.3 is 89.9 Å². The van der Waals surface area contributed by atoms with Gasteiger partial charge in [-0.15, -0.1) is 0 Å². The van der Waals surface area contributed by atoms with Crippen molar-refractivity contribution in [2.75, 3.05) is 26.4 Å². The molecule has 0 radical (unpaired) electrons. The number of ether oxygens (including phenoxy) is 6. The second kappa shape index (κ2) is 60.5. The summed E-state index contributed by atoms with van der Waals surface area (Å²) in [4.78, 5) is 13.5. The predicted octanol–water partition coefficient (Wildman–Crippen LogP) is 13.3. The molecule has 3 rings (SSSR count). The lowest BCUT2D eigenvalue weighted by Crippen LogP contribution is -2.66. The molecule has 1 amide bonds. The summed E-state index contributed by atoms with van der Waals surface area (Å²) < 4.78 is 34.4. The number of allylic oxidation sites excluding steroid dienone is 3. The monoisotopic (exact) mass is 1400 g/mol. The standard InChI is InChI=1S/C79H149NO18/c1-3-5-7-9-11-13-15-17-19-21-23-24-25-26-27-28-29-30-31-32-33-34-35-36-37-38-39-41-43-45-47-49-51-53-55-57-67(85)80-62(63(84)56-54-52-50-48-46-44-42-40-22-20-18-16-14-12-10-8-6-4-2)61-93-77-73(91)70(88)75(65(59-82)95-77)98-79-74(92)71(89)76(66(60-83)96-79)97-78-72(90)69(87)68(86)64(58-81)94-78/h46,48,54,56,62-66,68-79,81-84,86-92H,3-45,47,49-53,55,57-61H2,1-2H3,(H,80,85)/b48-46+,56-54+. The minimum Gasteiger partial charge on any atom is -0.394 e. The largest absolute Gasteiger partial charge is 0.394 e. The van der Waals surface area contributed by atoms with Crippen molar-refractivity contribution >= 4 is 5.91 Å². The van der Waals surface area contributed by atoms with Gasteiger partial charge in [0, 0.05) is 6.42 Å². The molecule has 3 aliphatic heterocycles. The van der Waals surface area contributed by atoms with Crippen LogP contribution in [0.25, 0.3) is 0 Å². The first-order valence-corrected chi connectivity index (χ1v) is 40.6. The van der Waals surface area contributed by atoms with E-state index in [1.165, 1.54) is 270 Å². The number of hydrogen-bond acceptors (Lipinski definition) is 18. The molecule has 0 aromatic rings. The Kier molecular flexibility index (Phi) is 55.9. The average molecular weight is 1400 g/mol. The first kappa shape index (κ1) is 90.5. The van der Waals surface area contributed by atoms with Gasteiger partial charge in [0.25, 0.3) is 0 Å². The van der Waals surface area contributed by atoms with Crippen LogP contribution in [0.2, 0.25) is 0 Å². The Morgan fingerprint density at radius 3 is 1.02 bits per heavy atom. The summed E-state index contributed by atoms with van der Waals surface area (Å²) in [5.74, 6) is -0.278. The lowest BCUT2D eigenvalue weighted by molar-refractivity contribution is -0.379. The van der Waals surface area contributed by atoms with Crippen molar-refractivity contribution in [3.05, 3.63) is 24.3 Å². The van der Waals surface area contributed by atoms with Gasteiger partial charge in [0.05, 0.1) is 38.6 Å². The molecule has 19 heteroatoms. The van der Waals surface area contributed by atoms with Crippen LogP contribution in [0.4, 0.5) is 0 Å². The van der Waals surface area contributed by atoms with E-state index in [9.17, 15) is 61.0 Å². The van der Waals surface area contributed by atoms with Crippen molar-refractivity contribution in [2.24, 2.45) is 0 Å². The average Bonchev–Trinajstić information content (AvgIpc) is 0.784. The molecule has 3 fully saturated rings. The highest BCUT2D eigenvalue weighted by Crippen LogP contribution is 2.33. The minimum atomic E-state index is -1.98. The number of carbonyl (C=O) groups excluding carboxylic acids is 1. The van der Waals surface area contributed by atoms with Crippen LogP contribution in [0, 0.1) is 0 Å². The molecule has 12 N–H and O–H groups in total. The summed E-state index contributed by atoms with van der Waals surface area (Å²) >= 11 is 0. The number of nitrogens with one attached hydrogen (secondary N) is 1. The van der Waals surface area contributed by atoms with E-state index in [-0.39, 0.29) is 18.9 Å². The van der Waals surface area contributed by atoms with Gasteiger partial charge in [-0.25, -0.2) is 0 Å². The van der Waals surface area contributed by atoms with Crippen molar-refractivity contribution in [2.45, 2.75) is 446 Å². The third kappa shape index (κ3) is 40.5. The number of amides is 1. The number of hydrogen-bond donors (Lipinski definition) is 12. The van der Waals surface area contributed by atoms with Crippen LogP contribution in [0.15, 0.2) is 24.3 Å². The molecule has 3 heterocycles. The van der Waals surface area contributed by atoms with Crippen LogP contribution >= 0.6 is 0 Å². The van der Waals surface area contributed by atoms with Crippen molar-refractivity contribution in [1.29, 1.82) is 0 Å². The Labute approximate surface area is 594 Å². The quantitative estimate of drug-likeness (QED) is 0.0199. The fourth-order valence-electron chi connectivity index (χ4n) is 14.0. The lowest BCUT2D eigenvalue weighted by atomic mass is 9.96. The minimum absolute atomic E-state index is 0.241. The third-order valence-electron chi connectivity index (χ3n) is 20.5. The smallest absolute Gasteiger partial charge is 0.220 e. The molecular formula is C79H149NO18. The highest BCUT2D eigenvalue weighted by molar-refractivity contribution is 5.76. The second-order valence-corrected chi connectivity index (χ2v) is 29.2. The second-order valence-electron chi connectivity index (χ2n) is 29.2. The molecule has 3 aliphatic rings. The molecule has 17 atom stereocenters. The molecule has 3 saturated heterocycles. The molecule has 578 valence electrons. The number of aliphatic hydroxyl groups is 11. The summed E-state index contributed by atoms with van der Waals surface area (Å²) in [7, 11) is 0. The van der Waals surface area contributed by atoms with Crippen LogP contribution in [0.5, 0.6) is 0 Å². The Morgan fingerprint density at radius 2 is 0.653 bits per heavy atom. The lowest BCUT2D eigenvalue weighted by Gasteiger charge is -2.48. The molecule has 0 aromatic carbocycles. The normalized spacial score (nSPS) is 26.8. The zero-order chi connectivity index (χ0) is 71.1. The topological polar surface area (TPSA) is 307 Å². The van der Waals surface area contributed by atoms with Crippen molar-refractivity contribution in [3.8, 4) is 0 Å². The van der Waals surface area contributed by atoms with E-state index in [2.05, 4.69) is 31.3 Å². The van der Waals surface area contributed by atoms with Gasteiger partial charge in [-0.3, -0.25) is 4.79 Å². The van der Waals surface area contributed by atoms with Gasteiger partial charge in [-0.2, -0.15) is 0 Å². The van der Waals surface area contributed by atoms with Gasteiger partial charge in [-0.1, -0.05) is 327 Å². The molecule has 98 heavy (non-hydrogen) atoms. The van der Waals surface area contributed by atoms with Gasteiger partial charge in [0.1, 0.15) is 73.2 Å². The van der Waals surface area contributed by atoms with E-state index < -0.39 is 124 Å². The highest BCUT2D eigenvalue weighted by atomic mass is 16.8. The van der Waals surface area contributed by atoms with E-state index in [1.807, 2.05) is 6.08 Å². The number of unbranched alkanes of at least 4 members (excludes halogenated alkanes) is 47. The van der Waals surface area contributed by atoms with E-state index in [4.69, 9.17) is 28.4 Å². The van der Waals surface area contributed by atoms with Gasteiger partial charge in [-0.05, 0) is 32.1 Å². The van der Waals surface area contributed by atoms with E-state index in [0.717, 1.165) is 38.5 Å². The molecular weight excluding hydrogens is 1250 g/mol. The maximum atomic E-state index is 13.5. The maximum absolute atomic E-state index is 13.5. The van der Waals surface area contributed by atoms with Crippen LogP contribution in [-0.2, 0) is 33.2 Å². The first-order valence-electron chi connectivity index (χ1n) is 40.6. The third-order valence-corrected chi connectivity index (χ3v) is 20.5. The van der Waals surface area contributed by atoms with Crippen LogP contribution < -0.4 is 5.32 Å². The van der Waals surface area contributed by atoms with Crippen molar-refractivity contribution in [3.63, 3.8) is 0 Å². The SMILES string of the molecule is CCCCCCCCCCCCCC/C=C/CC/C=C/C(O)C(COC1OC(CO)C(OC2OC(CO)C(OC3OC(CO)C(O)C(O)C3O)C(O)C2O)C(O)C1O)NC(=O)CCCCCCCCCCCCCCCCCCCCCCCCCCCCCCCCCCCCC. The van der Waals surface area contributed by atoms with E-state index in [0.29, 0.717) is 12.8 Å². The van der Waals surface area contributed by atoms with E-state index in [1.54, 1.807) is 6.08 Å². The molecule has 0 aromatic heterocycles. The molecule has 0 spiro atoms. The summed E-state index contributed by atoms with van der Waals surface area (Å²) in [6.07, 6.45) is 46.2. The van der Waals surface area contributed by atoms with Crippen molar-refractivity contribution in [1.82, 2.24) is 5.32 Å². The summed E-state index contributed by atoms with van der Waals surface area (Å²) in [5.41, 5.74) is 0. The van der Waals surface area contributed by atoms with Gasteiger partial charge in [0.2, 0.25) is 5.91 Å². The van der Waals surface area contributed by atoms with E-state index >= 15 is 0 Å². The fraction of sp³-hybridized carbons (Fsp3) is 0.937. The highest BCUT2D eigenvalue weighted by Gasteiger charge is 2.54. The zero-order valence-electron chi connectivity index (χ0n) is 61.8. The summed E-state index contributed by atoms with van der Waals surface area (Å²) in [5, 5.41) is 121. The molecule has 19 nitrogen and oxygen atoms in total. The Balaban J connectivity index is 1.33. The Hall–Kier alpha value is -1.73. The first-order chi connectivity index (χ1) is 47.8. The summed E-state index contributed by atoms with van der Waals surface area (Å²) in [6.45, 7) is 1.77. The van der Waals surface area contributed by atoms with Gasteiger partial charge in [0.15, 0.2) is 18.9 Å². The van der Waals surface area contributed by atoms with Crippen LogP contribution in [0.3, 0.4) is 0 Å². The van der Waals surface area contributed by atoms with Gasteiger partial charge >= 0.3 is 0 Å². The predicted molar refractivity (Wildman–Crippen MR) is 388 cm³/mol. The van der Waals surface area contributed by atoms with Crippen LogP contribution in [-0.4, -0.2) is 193 Å². The molecule has 0 saturated carbocycles. The number of carbonyl (C=O) groups is 1. The summed E-state index contributed by atoms with van der Waals surface area (Å²) in [6, 6.07) is -0.988. The van der Waals surface area contributed by atoms with Crippen LogP contribution in [0.1, 0.15) is 341 Å². The number of rotatable bonds is 65. The van der Waals surface area contributed by atoms with Crippen molar-refractivity contribution < 1.29 is 89.4 Å². The Bertz CT molecular complexity index is 1870. The molecule has 0 bridgehead atoms. The number of aliphatic hydroxyl groups excluding tert-OH is 11. The fourth-order valence-corrected chi connectivity index (χ4v) is 14.0. The maximum Gasteiger partial charge on any atom is 0.220 e.